The highest BCUT2D eigenvalue weighted by Gasteiger charge is 2.29. The van der Waals surface area contributed by atoms with Crippen molar-refractivity contribution in [1.82, 2.24) is 0 Å². The first-order chi connectivity index (χ1) is 8.52. The van der Waals surface area contributed by atoms with Gasteiger partial charge in [0.05, 0.1) is 24.2 Å². The normalized spacial score (nSPS) is 14.1. The molecule has 1 aliphatic rings. The fourth-order valence-electron chi connectivity index (χ4n) is 1.42. The first-order valence-electron chi connectivity index (χ1n) is 5.26. The summed E-state index contributed by atoms with van der Waals surface area (Å²) in [5.74, 6) is -1.98. The lowest BCUT2D eigenvalue weighted by Crippen LogP contribution is -2.08. The highest BCUT2D eigenvalue weighted by molar-refractivity contribution is 5.94. The molecule has 0 spiro atoms. The second-order valence-electron chi connectivity index (χ2n) is 3.87. The molecule has 6 nitrogen and oxygen atoms in total. The molecule has 0 radical (unpaired) electrons. The van der Waals surface area contributed by atoms with Gasteiger partial charge in [-0.1, -0.05) is 0 Å². The van der Waals surface area contributed by atoms with Crippen LogP contribution in [0.4, 0.5) is 10.1 Å². The minimum atomic E-state index is -0.960. The van der Waals surface area contributed by atoms with Gasteiger partial charge in [0.2, 0.25) is 0 Å². The first-order valence-corrected chi connectivity index (χ1v) is 5.26. The molecule has 0 unspecified atom stereocenters. The van der Waals surface area contributed by atoms with E-state index in [0.717, 1.165) is 32.1 Å². The molecule has 0 atom stereocenters. The number of carbonyl (C=O) groups is 1. The van der Waals surface area contributed by atoms with Gasteiger partial charge >= 0.3 is 5.97 Å². The Morgan fingerprint density at radius 3 is 2.67 bits per heavy atom. The Kier molecular flexibility index (Phi) is 3.14. The fraction of sp³-hybridized carbons (Fsp3) is 0.364. The Hall–Kier alpha value is -2.18. The number of methoxy groups -OCH3 is 1. The van der Waals surface area contributed by atoms with Gasteiger partial charge in [0.25, 0.3) is 5.69 Å². The molecule has 1 saturated carbocycles. The van der Waals surface area contributed by atoms with Crippen LogP contribution in [0, 0.1) is 15.9 Å². The van der Waals surface area contributed by atoms with Crippen LogP contribution in [0.2, 0.25) is 0 Å². The topological polar surface area (TPSA) is 78.7 Å². The number of nitro groups is 1. The third kappa shape index (κ3) is 2.39. The van der Waals surface area contributed by atoms with E-state index in [9.17, 15) is 19.3 Å². The van der Waals surface area contributed by atoms with Gasteiger partial charge in [-0.25, -0.2) is 9.18 Å². The van der Waals surface area contributed by atoms with E-state index in [0.29, 0.717) is 0 Å². The van der Waals surface area contributed by atoms with Crippen molar-refractivity contribution in [2.75, 3.05) is 7.11 Å². The molecule has 1 aliphatic carbocycles. The number of hydrogen-bond acceptors (Lipinski definition) is 5. The SMILES string of the molecule is COC(=O)c1cc(F)c(OC2CC2)cc1[N+](=O)[O-]. The number of nitrogens with zero attached hydrogens (tertiary/aromatic N) is 1. The molecular weight excluding hydrogens is 245 g/mol. The quantitative estimate of drug-likeness (QED) is 0.467. The predicted octanol–water partition coefficient (Wildman–Crippen LogP) is 2.06. The summed E-state index contributed by atoms with van der Waals surface area (Å²) in [7, 11) is 1.07. The average molecular weight is 255 g/mol. The van der Waals surface area contributed by atoms with Gasteiger partial charge in [-0.2, -0.15) is 0 Å². The molecule has 0 aromatic heterocycles. The van der Waals surface area contributed by atoms with E-state index in [1.54, 1.807) is 0 Å². The van der Waals surface area contributed by atoms with Crippen LogP contribution in [0.5, 0.6) is 5.75 Å². The van der Waals surface area contributed by atoms with Crippen LogP contribution in [0.1, 0.15) is 23.2 Å². The largest absolute Gasteiger partial charge is 0.487 e. The van der Waals surface area contributed by atoms with E-state index in [1.807, 2.05) is 0 Å². The van der Waals surface area contributed by atoms with Crippen LogP contribution in [0.25, 0.3) is 0 Å². The molecule has 0 amide bonds. The Morgan fingerprint density at radius 2 is 2.17 bits per heavy atom. The highest BCUT2D eigenvalue weighted by atomic mass is 19.1. The molecule has 0 N–H and O–H groups in total. The minimum absolute atomic E-state index is 0.0944. The Balaban J connectivity index is 2.43. The molecule has 2 rings (SSSR count). The van der Waals surface area contributed by atoms with E-state index in [2.05, 4.69) is 4.74 Å². The molecule has 7 heteroatoms. The van der Waals surface area contributed by atoms with Crippen molar-refractivity contribution in [2.45, 2.75) is 18.9 Å². The zero-order chi connectivity index (χ0) is 13.3. The predicted molar refractivity (Wildman–Crippen MR) is 58.0 cm³/mol. The van der Waals surface area contributed by atoms with Gasteiger partial charge in [-0.05, 0) is 18.9 Å². The Labute approximate surface area is 101 Å². The van der Waals surface area contributed by atoms with Gasteiger partial charge in [-0.3, -0.25) is 10.1 Å². The highest BCUT2D eigenvalue weighted by Crippen LogP contribution is 2.33. The number of halogens is 1. The van der Waals surface area contributed by atoms with Crippen LogP contribution in [0.15, 0.2) is 12.1 Å². The molecular formula is C11H10FNO5. The minimum Gasteiger partial charge on any atom is -0.487 e. The summed E-state index contributed by atoms with van der Waals surface area (Å²) in [6.07, 6.45) is 1.50. The summed E-state index contributed by atoms with van der Waals surface area (Å²) in [4.78, 5) is 21.4. The van der Waals surface area contributed by atoms with Crippen molar-refractivity contribution in [1.29, 1.82) is 0 Å². The lowest BCUT2D eigenvalue weighted by molar-refractivity contribution is -0.385. The molecule has 96 valence electrons. The second-order valence-corrected chi connectivity index (χ2v) is 3.87. The average Bonchev–Trinajstić information content (AvgIpc) is 3.13. The number of ether oxygens (including phenoxy) is 2. The molecule has 0 saturated heterocycles. The summed E-state index contributed by atoms with van der Waals surface area (Å²) < 4.78 is 23.2. The monoisotopic (exact) mass is 255 g/mol. The van der Waals surface area contributed by atoms with E-state index >= 15 is 0 Å². The third-order valence-electron chi connectivity index (χ3n) is 2.47. The Bertz CT molecular complexity index is 512. The van der Waals surface area contributed by atoms with Crippen LogP contribution < -0.4 is 4.74 Å². The maximum atomic E-state index is 13.6. The van der Waals surface area contributed by atoms with E-state index < -0.39 is 28.0 Å². The van der Waals surface area contributed by atoms with Crippen molar-refractivity contribution < 1.29 is 23.6 Å². The summed E-state index contributed by atoms with van der Waals surface area (Å²) in [6.45, 7) is 0. The van der Waals surface area contributed by atoms with Crippen molar-refractivity contribution in [3.63, 3.8) is 0 Å². The molecule has 18 heavy (non-hydrogen) atoms. The van der Waals surface area contributed by atoms with Gasteiger partial charge in [0.1, 0.15) is 5.56 Å². The number of rotatable bonds is 4. The fourth-order valence-corrected chi connectivity index (χ4v) is 1.42. The van der Waals surface area contributed by atoms with Gasteiger partial charge in [-0.15, -0.1) is 0 Å². The van der Waals surface area contributed by atoms with Gasteiger partial charge in [0, 0.05) is 0 Å². The zero-order valence-electron chi connectivity index (χ0n) is 9.51. The second kappa shape index (κ2) is 4.59. The molecule has 1 aromatic rings. The van der Waals surface area contributed by atoms with Crippen molar-refractivity contribution >= 4 is 11.7 Å². The van der Waals surface area contributed by atoms with Crippen LogP contribution >= 0.6 is 0 Å². The summed E-state index contributed by atoms with van der Waals surface area (Å²) >= 11 is 0. The molecule has 1 fully saturated rings. The number of nitro benzene ring substituents is 1. The van der Waals surface area contributed by atoms with Crippen LogP contribution in [-0.2, 0) is 4.74 Å². The van der Waals surface area contributed by atoms with Crippen LogP contribution in [-0.4, -0.2) is 24.1 Å². The van der Waals surface area contributed by atoms with Crippen molar-refractivity contribution in [3.8, 4) is 5.75 Å². The van der Waals surface area contributed by atoms with E-state index in [-0.39, 0.29) is 11.9 Å². The summed E-state index contributed by atoms with van der Waals surface area (Å²) in [6, 6.07) is 1.68. The molecule has 0 aliphatic heterocycles. The number of esters is 1. The van der Waals surface area contributed by atoms with Crippen molar-refractivity contribution in [3.05, 3.63) is 33.6 Å². The first kappa shape index (κ1) is 12.3. The molecule has 1 aromatic carbocycles. The van der Waals surface area contributed by atoms with Crippen molar-refractivity contribution in [2.24, 2.45) is 0 Å². The van der Waals surface area contributed by atoms with Gasteiger partial charge < -0.3 is 9.47 Å². The third-order valence-corrected chi connectivity index (χ3v) is 2.47. The number of carbonyl (C=O) groups excluding carboxylic acids is 1. The lowest BCUT2D eigenvalue weighted by Gasteiger charge is -2.07. The summed E-state index contributed by atoms with van der Waals surface area (Å²) in [5, 5.41) is 10.8. The van der Waals surface area contributed by atoms with Gasteiger partial charge in [0.15, 0.2) is 11.6 Å². The standard InChI is InChI=1S/C11H10FNO5/c1-17-11(14)7-4-8(12)10(18-6-2-3-6)5-9(7)13(15)16/h4-6H,2-3H2,1H3. The van der Waals surface area contributed by atoms with E-state index in [4.69, 9.17) is 4.74 Å². The summed E-state index contributed by atoms with van der Waals surface area (Å²) in [5.41, 5.74) is -0.956. The smallest absolute Gasteiger partial charge is 0.345 e. The molecule has 0 bridgehead atoms. The molecule has 0 heterocycles. The number of benzene rings is 1. The lowest BCUT2D eigenvalue weighted by atomic mass is 10.1. The van der Waals surface area contributed by atoms with Crippen LogP contribution in [0.3, 0.4) is 0 Å². The van der Waals surface area contributed by atoms with E-state index in [1.165, 1.54) is 0 Å². The maximum absolute atomic E-state index is 13.6. The zero-order valence-corrected chi connectivity index (χ0v) is 9.51. The number of hydrogen-bond donors (Lipinski definition) is 0. The Morgan fingerprint density at radius 1 is 1.50 bits per heavy atom. The maximum Gasteiger partial charge on any atom is 0.345 e.